The van der Waals surface area contributed by atoms with Crippen molar-refractivity contribution in [3.05, 3.63) is 0 Å². The van der Waals surface area contributed by atoms with E-state index in [1.54, 1.807) is 0 Å². The molecule has 0 aromatic heterocycles. The van der Waals surface area contributed by atoms with Gasteiger partial charge in [0.1, 0.15) is 6.54 Å². The van der Waals surface area contributed by atoms with Gasteiger partial charge < -0.3 is 15.3 Å². The summed E-state index contributed by atoms with van der Waals surface area (Å²) >= 11 is 0. The van der Waals surface area contributed by atoms with Crippen LogP contribution < -0.4 is 5.32 Å². The van der Waals surface area contributed by atoms with Crippen molar-refractivity contribution in [2.24, 2.45) is 0 Å². The number of carbonyl (C=O) groups excluding carboxylic acids is 1. The fraction of sp³-hybridized carbons (Fsp3) is 0.846. The van der Waals surface area contributed by atoms with Gasteiger partial charge in [0.2, 0.25) is 0 Å². The zero-order chi connectivity index (χ0) is 13.8. The van der Waals surface area contributed by atoms with Gasteiger partial charge in [-0.25, -0.2) is 4.79 Å². The van der Waals surface area contributed by atoms with Gasteiger partial charge in [-0.1, -0.05) is 19.8 Å². The van der Waals surface area contributed by atoms with E-state index in [2.05, 4.69) is 5.32 Å². The SMILES string of the molecule is CCC(C)N(CC(=O)O)C(=O)NC1(C)CCCC1. The molecular weight excluding hydrogens is 232 g/mol. The van der Waals surface area contributed by atoms with Crippen molar-refractivity contribution in [1.29, 1.82) is 0 Å². The summed E-state index contributed by atoms with van der Waals surface area (Å²) in [7, 11) is 0. The molecule has 1 rings (SSSR count). The number of nitrogens with one attached hydrogen (secondary N) is 1. The first kappa shape index (κ1) is 14.8. The molecule has 1 saturated carbocycles. The first-order valence-electron chi connectivity index (χ1n) is 6.68. The van der Waals surface area contributed by atoms with Gasteiger partial charge in [0.05, 0.1) is 0 Å². The third kappa shape index (κ3) is 3.89. The Balaban J connectivity index is 2.66. The Morgan fingerprint density at radius 3 is 2.39 bits per heavy atom. The molecule has 0 saturated heterocycles. The molecule has 5 nitrogen and oxygen atoms in total. The molecule has 1 unspecified atom stereocenters. The number of amides is 2. The van der Waals surface area contributed by atoms with Crippen LogP contribution in [0.4, 0.5) is 4.79 Å². The van der Waals surface area contributed by atoms with Crippen molar-refractivity contribution in [2.75, 3.05) is 6.54 Å². The number of carboxylic acids is 1. The topological polar surface area (TPSA) is 69.6 Å². The van der Waals surface area contributed by atoms with E-state index in [0.29, 0.717) is 0 Å². The van der Waals surface area contributed by atoms with E-state index in [0.717, 1.165) is 32.1 Å². The van der Waals surface area contributed by atoms with Gasteiger partial charge in [0, 0.05) is 11.6 Å². The van der Waals surface area contributed by atoms with E-state index in [1.165, 1.54) is 4.90 Å². The molecule has 0 aliphatic heterocycles. The van der Waals surface area contributed by atoms with Crippen LogP contribution in [0.5, 0.6) is 0 Å². The summed E-state index contributed by atoms with van der Waals surface area (Å²) in [4.78, 5) is 24.4. The molecule has 1 aliphatic carbocycles. The summed E-state index contributed by atoms with van der Waals surface area (Å²) < 4.78 is 0. The van der Waals surface area contributed by atoms with Crippen molar-refractivity contribution in [1.82, 2.24) is 10.2 Å². The lowest BCUT2D eigenvalue weighted by molar-refractivity contribution is -0.138. The molecule has 0 radical (unpaired) electrons. The summed E-state index contributed by atoms with van der Waals surface area (Å²) in [6.45, 7) is 5.62. The fourth-order valence-electron chi connectivity index (χ4n) is 2.40. The summed E-state index contributed by atoms with van der Waals surface area (Å²) in [5.41, 5.74) is -0.165. The zero-order valence-corrected chi connectivity index (χ0v) is 11.5. The van der Waals surface area contributed by atoms with Crippen LogP contribution in [0.25, 0.3) is 0 Å². The van der Waals surface area contributed by atoms with E-state index in [-0.39, 0.29) is 24.2 Å². The molecule has 1 fully saturated rings. The lowest BCUT2D eigenvalue weighted by Crippen LogP contribution is -2.53. The number of carbonyl (C=O) groups is 2. The molecule has 0 heterocycles. The van der Waals surface area contributed by atoms with Crippen LogP contribution in [0.15, 0.2) is 0 Å². The first-order chi connectivity index (χ1) is 8.38. The average molecular weight is 256 g/mol. The maximum atomic E-state index is 12.2. The predicted molar refractivity (Wildman–Crippen MR) is 69.5 cm³/mol. The minimum atomic E-state index is -0.970. The first-order valence-corrected chi connectivity index (χ1v) is 6.68. The Morgan fingerprint density at radius 2 is 1.94 bits per heavy atom. The minimum Gasteiger partial charge on any atom is -0.480 e. The number of aliphatic carboxylic acids is 1. The second-order valence-corrected chi connectivity index (χ2v) is 5.48. The van der Waals surface area contributed by atoms with E-state index in [1.807, 2.05) is 20.8 Å². The molecule has 0 spiro atoms. The minimum absolute atomic E-state index is 0.0638. The normalized spacial score (nSPS) is 19.3. The van der Waals surface area contributed by atoms with E-state index >= 15 is 0 Å². The van der Waals surface area contributed by atoms with Gasteiger partial charge in [0.25, 0.3) is 0 Å². The Morgan fingerprint density at radius 1 is 1.39 bits per heavy atom. The quantitative estimate of drug-likeness (QED) is 0.792. The highest BCUT2D eigenvalue weighted by Gasteiger charge is 2.33. The molecule has 0 aromatic rings. The third-order valence-corrected chi connectivity index (χ3v) is 3.81. The molecule has 2 amide bonds. The zero-order valence-electron chi connectivity index (χ0n) is 11.5. The van der Waals surface area contributed by atoms with E-state index in [9.17, 15) is 9.59 Å². The molecule has 2 N–H and O–H groups in total. The largest absolute Gasteiger partial charge is 0.480 e. The van der Waals surface area contributed by atoms with Crippen molar-refractivity contribution in [2.45, 2.75) is 64.5 Å². The van der Waals surface area contributed by atoms with Gasteiger partial charge in [-0.15, -0.1) is 0 Å². The van der Waals surface area contributed by atoms with E-state index < -0.39 is 5.97 Å². The summed E-state index contributed by atoms with van der Waals surface area (Å²) in [6, 6.07) is -0.317. The Kier molecular flexibility index (Phi) is 4.99. The monoisotopic (exact) mass is 256 g/mol. The number of hydrogen-bond donors (Lipinski definition) is 2. The van der Waals surface area contributed by atoms with E-state index in [4.69, 9.17) is 5.11 Å². The molecule has 0 bridgehead atoms. The van der Waals surface area contributed by atoms with Gasteiger partial charge in [-0.05, 0) is 33.1 Å². The van der Waals surface area contributed by atoms with Gasteiger partial charge in [0.15, 0.2) is 0 Å². The number of urea groups is 1. The maximum Gasteiger partial charge on any atom is 0.323 e. The highest BCUT2D eigenvalue weighted by atomic mass is 16.4. The van der Waals surface area contributed by atoms with Crippen molar-refractivity contribution < 1.29 is 14.7 Å². The average Bonchev–Trinajstić information content (AvgIpc) is 2.71. The van der Waals surface area contributed by atoms with Crippen LogP contribution in [0, 0.1) is 0 Å². The summed E-state index contributed by atoms with van der Waals surface area (Å²) in [6.07, 6.45) is 4.94. The van der Waals surface area contributed by atoms with Crippen LogP contribution in [0.3, 0.4) is 0 Å². The molecule has 18 heavy (non-hydrogen) atoms. The number of carboxylic acid groups (broad SMARTS) is 1. The third-order valence-electron chi connectivity index (χ3n) is 3.81. The van der Waals surface area contributed by atoms with Crippen LogP contribution in [0.2, 0.25) is 0 Å². The lowest BCUT2D eigenvalue weighted by atomic mass is 10.0. The number of hydrogen-bond acceptors (Lipinski definition) is 2. The second kappa shape index (κ2) is 6.07. The van der Waals surface area contributed by atoms with Crippen molar-refractivity contribution >= 4 is 12.0 Å². The number of rotatable bonds is 5. The summed E-state index contributed by atoms with van der Waals surface area (Å²) in [5, 5.41) is 11.9. The molecule has 0 aromatic carbocycles. The van der Waals surface area contributed by atoms with Crippen molar-refractivity contribution in [3.8, 4) is 0 Å². The highest BCUT2D eigenvalue weighted by molar-refractivity contribution is 5.80. The molecular formula is C13H24N2O3. The smallest absolute Gasteiger partial charge is 0.323 e. The molecule has 1 atom stereocenters. The Labute approximate surface area is 109 Å². The molecule has 1 aliphatic rings. The van der Waals surface area contributed by atoms with Gasteiger partial charge in [-0.2, -0.15) is 0 Å². The second-order valence-electron chi connectivity index (χ2n) is 5.48. The maximum absolute atomic E-state index is 12.2. The van der Waals surface area contributed by atoms with Crippen LogP contribution in [-0.2, 0) is 4.79 Å². The Bertz CT molecular complexity index is 311. The summed E-state index contributed by atoms with van der Waals surface area (Å²) in [5.74, 6) is -0.970. The van der Waals surface area contributed by atoms with Crippen LogP contribution >= 0.6 is 0 Å². The van der Waals surface area contributed by atoms with Crippen LogP contribution in [0.1, 0.15) is 52.9 Å². The predicted octanol–water partition coefficient (Wildman–Crippen LogP) is 2.21. The molecule has 104 valence electrons. The Hall–Kier alpha value is -1.26. The fourth-order valence-corrected chi connectivity index (χ4v) is 2.40. The highest BCUT2D eigenvalue weighted by Crippen LogP contribution is 2.29. The van der Waals surface area contributed by atoms with Crippen molar-refractivity contribution in [3.63, 3.8) is 0 Å². The standard InChI is InChI=1S/C13H24N2O3/c1-4-10(2)15(9-11(16)17)12(18)14-13(3)7-5-6-8-13/h10H,4-9H2,1-3H3,(H,14,18)(H,16,17). The lowest BCUT2D eigenvalue weighted by Gasteiger charge is -2.32. The van der Waals surface area contributed by atoms with Crippen LogP contribution in [-0.4, -0.2) is 40.1 Å². The van der Waals surface area contributed by atoms with Gasteiger partial charge >= 0.3 is 12.0 Å². The number of nitrogens with zero attached hydrogens (tertiary/aromatic N) is 1. The molecule has 5 heteroatoms. The van der Waals surface area contributed by atoms with Gasteiger partial charge in [-0.3, -0.25) is 4.79 Å².